The van der Waals surface area contributed by atoms with Crippen molar-refractivity contribution in [1.82, 2.24) is 5.32 Å². The molecule has 0 bridgehead atoms. The van der Waals surface area contributed by atoms with Crippen LogP contribution in [-0.2, 0) is 4.79 Å². The van der Waals surface area contributed by atoms with Crippen molar-refractivity contribution in [3.63, 3.8) is 0 Å². The fourth-order valence-electron chi connectivity index (χ4n) is 0.687. The molecule has 4 heteroatoms. The molecule has 4 nitrogen and oxygen atoms in total. The zero-order chi connectivity index (χ0) is 9.72. The number of nitrogens with one attached hydrogen (secondary N) is 1. The van der Waals surface area contributed by atoms with Crippen LogP contribution < -0.4 is 11.1 Å². The van der Waals surface area contributed by atoms with E-state index in [1.165, 1.54) is 0 Å². The molecule has 0 aliphatic carbocycles. The van der Waals surface area contributed by atoms with E-state index in [0.717, 1.165) is 0 Å². The number of aliphatic hydroxyl groups is 1. The van der Waals surface area contributed by atoms with Crippen molar-refractivity contribution >= 4 is 5.91 Å². The van der Waals surface area contributed by atoms with Crippen LogP contribution in [0.2, 0.25) is 0 Å². The van der Waals surface area contributed by atoms with E-state index in [1.54, 1.807) is 6.92 Å². The van der Waals surface area contributed by atoms with Gasteiger partial charge in [0, 0.05) is 6.04 Å². The minimum Gasteiger partial charge on any atom is -0.394 e. The minimum atomic E-state index is -0.487. The molecule has 0 aromatic carbocycles. The molecular formula is C8H18N2O2. The predicted molar refractivity (Wildman–Crippen MR) is 47.5 cm³/mol. The smallest absolute Gasteiger partial charge is 0.237 e. The summed E-state index contributed by atoms with van der Waals surface area (Å²) in [4.78, 5) is 11.2. The Morgan fingerprint density at radius 1 is 1.50 bits per heavy atom. The average molecular weight is 174 g/mol. The van der Waals surface area contributed by atoms with Gasteiger partial charge in [0.15, 0.2) is 0 Å². The van der Waals surface area contributed by atoms with Crippen LogP contribution in [0.5, 0.6) is 0 Å². The third kappa shape index (κ3) is 3.69. The lowest BCUT2D eigenvalue weighted by atomic mass is 10.0. The van der Waals surface area contributed by atoms with E-state index in [4.69, 9.17) is 10.8 Å². The van der Waals surface area contributed by atoms with E-state index in [0.29, 0.717) is 0 Å². The fraction of sp³-hybridized carbons (Fsp3) is 0.875. The Labute approximate surface area is 73.1 Å². The van der Waals surface area contributed by atoms with Crippen LogP contribution in [0.1, 0.15) is 20.8 Å². The maximum absolute atomic E-state index is 11.2. The highest BCUT2D eigenvalue weighted by Crippen LogP contribution is 1.98. The lowest BCUT2D eigenvalue weighted by Crippen LogP contribution is -2.47. The van der Waals surface area contributed by atoms with Crippen LogP contribution in [0.3, 0.4) is 0 Å². The standard InChI is InChI=1S/C8H18N2O2/c1-5(2)7(9)8(12)10-6(3)4-11/h5-7,11H,4,9H2,1-3H3,(H,10,12)/t6-,7-/m1/s1. The van der Waals surface area contributed by atoms with Crippen molar-refractivity contribution in [3.05, 3.63) is 0 Å². The highest BCUT2D eigenvalue weighted by atomic mass is 16.3. The summed E-state index contributed by atoms with van der Waals surface area (Å²) in [7, 11) is 0. The quantitative estimate of drug-likeness (QED) is 0.536. The second-order valence-corrected chi connectivity index (χ2v) is 3.36. The number of carbonyl (C=O) groups is 1. The Bertz CT molecular complexity index is 148. The highest BCUT2D eigenvalue weighted by molar-refractivity contribution is 5.81. The number of aliphatic hydroxyl groups excluding tert-OH is 1. The zero-order valence-electron chi connectivity index (χ0n) is 7.87. The average Bonchev–Trinajstić information content (AvgIpc) is 2.02. The number of carbonyl (C=O) groups excluding carboxylic acids is 1. The predicted octanol–water partition coefficient (Wildman–Crippen LogP) is -0.533. The molecule has 4 N–H and O–H groups in total. The lowest BCUT2D eigenvalue weighted by Gasteiger charge is -2.18. The maximum atomic E-state index is 11.2. The van der Waals surface area contributed by atoms with Gasteiger partial charge in [0.1, 0.15) is 0 Å². The monoisotopic (exact) mass is 174 g/mol. The summed E-state index contributed by atoms with van der Waals surface area (Å²) in [5.41, 5.74) is 5.57. The SMILES string of the molecule is CC(C)[C@@H](N)C(=O)N[C@H](C)CO. The van der Waals surface area contributed by atoms with E-state index in [1.807, 2.05) is 13.8 Å². The second kappa shape index (κ2) is 5.11. The van der Waals surface area contributed by atoms with Gasteiger partial charge in [0.25, 0.3) is 0 Å². The Hall–Kier alpha value is -0.610. The van der Waals surface area contributed by atoms with Crippen molar-refractivity contribution in [2.75, 3.05) is 6.61 Å². The Morgan fingerprint density at radius 2 is 2.00 bits per heavy atom. The summed E-state index contributed by atoms with van der Waals surface area (Å²) < 4.78 is 0. The molecule has 0 fully saturated rings. The van der Waals surface area contributed by atoms with Gasteiger partial charge in [-0.25, -0.2) is 0 Å². The fourth-order valence-corrected chi connectivity index (χ4v) is 0.687. The van der Waals surface area contributed by atoms with Gasteiger partial charge in [0.2, 0.25) is 5.91 Å². The van der Waals surface area contributed by atoms with Crippen LogP contribution in [0, 0.1) is 5.92 Å². The van der Waals surface area contributed by atoms with Gasteiger partial charge in [-0.1, -0.05) is 13.8 Å². The third-order valence-corrected chi connectivity index (χ3v) is 1.68. The summed E-state index contributed by atoms with van der Waals surface area (Å²) >= 11 is 0. The van der Waals surface area contributed by atoms with Crippen molar-refractivity contribution < 1.29 is 9.90 Å². The molecule has 0 spiro atoms. The van der Waals surface area contributed by atoms with Crippen LogP contribution in [0.4, 0.5) is 0 Å². The third-order valence-electron chi connectivity index (χ3n) is 1.68. The second-order valence-electron chi connectivity index (χ2n) is 3.36. The number of nitrogens with two attached hydrogens (primary N) is 1. The topological polar surface area (TPSA) is 75.4 Å². The highest BCUT2D eigenvalue weighted by Gasteiger charge is 2.17. The van der Waals surface area contributed by atoms with E-state index >= 15 is 0 Å². The summed E-state index contributed by atoms with van der Waals surface area (Å²) in [5.74, 6) is -0.0811. The number of amides is 1. The Kier molecular flexibility index (Phi) is 4.85. The molecular weight excluding hydrogens is 156 g/mol. The molecule has 0 saturated carbocycles. The number of hydrogen-bond acceptors (Lipinski definition) is 3. The van der Waals surface area contributed by atoms with Crippen molar-refractivity contribution in [2.24, 2.45) is 11.7 Å². The Balaban J connectivity index is 3.87. The summed E-state index contributed by atoms with van der Waals surface area (Å²) in [6.07, 6.45) is 0. The van der Waals surface area contributed by atoms with Gasteiger partial charge in [-0.2, -0.15) is 0 Å². The largest absolute Gasteiger partial charge is 0.394 e. The summed E-state index contributed by atoms with van der Waals surface area (Å²) in [6, 6.07) is -0.707. The van der Waals surface area contributed by atoms with Gasteiger partial charge in [0.05, 0.1) is 12.6 Å². The summed E-state index contributed by atoms with van der Waals surface area (Å²) in [6.45, 7) is 5.43. The van der Waals surface area contributed by atoms with Crippen molar-refractivity contribution in [1.29, 1.82) is 0 Å². The number of rotatable bonds is 4. The zero-order valence-corrected chi connectivity index (χ0v) is 7.87. The first-order chi connectivity index (χ1) is 5.49. The first-order valence-corrected chi connectivity index (χ1v) is 4.15. The first kappa shape index (κ1) is 11.4. The molecule has 0 unspecified atom stereocenters. The molecule has 1 amide bonds. The minimum absolute atomic E-state index is 0.0590. The van der Waals surface area contributed by atoms with E-state index in [9.17, 15) is 4.79 Å². The molecule has 0 aromatic heterocycles. The van der Waals surface area contributed by atoms with Crippen LogP contribution in [-0.4, -0.2) is 29.7 Å². The molecule has 0 aliphatic rings. The van der Waals surface area contributed by atoms with Gasteiger partial charge < -0.3 is 16.2 Å². The van der Waals surface area contributed by atoms with Crippen LogP contribution in [0.15, 0.2) is 0 Å². The molecule has 0 aromatic rings. The van der Waals surface area contributed by atoms with E-state index in [2.05, 4.69) is 5.32 Å². The maximum Gasteiger partial charge on any atom is 0.237 e. The summed E-state index contributed by atoms with van der Waals surface area (Å²) in [5, 5.41) is 11.2. The van der Waals surface area contributed by atoms with Crippen molar-refractivity contribution in [2.45, 2.75) is 32.9 Å². The number of hydrogen-bond donors (Lipinski definition) is 3. The van der Waals surface area contributed by atoms with Gasteiger partial charge >= 0.3 is 0 Å². The lowest BCUT2D eigenvalue weighted by molar-refractivity contribution is -0.124. The molecule has 0 aliphatic heterocycles. The molecule has 0 saturated heterocycles. The molecule has 72 valence electrons. The van der Waals surface area contributed by atoms with Gasteiger partial charge in [-0.3, -0.25) is 4.79 Å². The molecule has 12 heavy (non-hydrogen) atoms. The van der Waals surface area contributed by atoms with Crippen molar-refractivity contribution in [3.8, 4) is 0 Å². The van der Waals surface area contributed by atoms with Gasteiger partial charge in [-0.05, 0) is 12.8 Å². The first-order valence-electron chi connectivity index (χ1n) is 4.15. The Morgan fingerprint density at radius 3 is 2.33 bits per heavy atom. The molecule has 0 rings (SSSR count). The van der Waals surface area contributed by atoms with Gasteiger partial charge in [-0.15, -0.1) is 0 Å². The van der Waals surface area contributed by atoms with E-state index < -0.39 is 6.04 Å². The molecule has 0 heterocycles. The van der Waals surface area contributed by atoms with E-state index in [-0.39, 0.29) is 24.5 Å². The molecule has 2 atom stereocenters. The van der Waals surface area contributed by atoms with Crippen LogP contribution >= 0.6 is 0 Å². The molecule has 0 radical (unpaired) electrons. The van der Waals surface area contributed by atoms with Crippen LogP contribution in [0.25, 0.3) is 0 Å². The normalized spacial score (nSPS) is 15.8.